The van der Waals surface area contributed by atoms with Crippen molar-refractivity contribution in [3.63, 3.8) is 0 Å². The SMILES string of the molecule is CCC1CN(C(=O)Cn2cccn2)CCO1. The number of hydrogen-bond acceptors (Lipinski definition) is 3. The van der Waals surface area contributed by atoms with Crippen molar-refractivity contribution in [3.8, 4) is 0 Å². The Bertz CT molecular complexity index is 337. The van der Waals surface area contributed by atoms with Crippen molar-refractivity contribution in [2.45, 2.75) is 26.0 Å². The van der Waals surface area contributed by atoms with Crippen LogP contribution in [0.15, 0.2) is 18.5 Å². The summed E-state index contributed by atoms with van der Waals surface area (Å²) in [6.07, 6.45) is 4.62. The molecule has 0 N–H and O–H groups in total. The maximum Gasteiger partial charge on any atom is 0.244 e. The van der Waals surface area contributed by atoms with E-state index in [0.717, 1.165) is 6.42 Å². The van der Waals surface area contributed by atoms with Crippen LogP contribution >= 0.6 is 0 Å². The van der Waals surface area contributed by atoms with E-state index in [1.54, 1.807) is 17.1 Å². The topological polar surface area (TPSA) is 47.4 Å². The molecular weight excluding hydrogens is 206 g/mol. The maximum atomic E-state index is 11.9. The van der Waals surface area contributed by atoms with Gasteiger partial charge in [-0.2, -0.15) is 5.10 Å². The summed E-state index contributed by atoms with van der Waals surface area (Å²) in [6.45, 7) is 4.44. The first kappa shape index (κ1) is 11.1. The summed E-state index contributed by atoms with van der Waals surface area (Å²) in [6, 6.07) is 1.82. The van der Waals surface area contributed by atoms with Gasteiger partial charge in [-0.05, 0) is 12.5 Å². The van der Waals surface area contributed by atoms with Gasteiger partial charge >= 0.3 is 0 Å². The van der Waals surface area contributed by atoms with Crippen LogP contribution in [0.3, 0.4) is 0 Å². The number of ether oxygens (including phenoxy) is 1. The maximum absolute atomic E-state index is 11.9. The van der Waals surface area contributed by atoms with E-state index in [0.29, 0.717) is 26.2 Å². The summed E-state index contributed by atoms with van der Waals surface area (Å²) >= 11 is 0. The molecule has 0 bridgehead atoms. The molecule has 1 aliphatic heterocycles. The third-order valence-electron chi connectivity index (χ3n) is 2.80. The van der Waals surface area contributed by atoms with E-state index in [4.69, 9.17) is 4.74 Å². The van der Waals surface area contributed by atoms with Crippen molar-refractivity contribution in [1.29, 1.82) is 0 Å². The molecule has 1 aliphatic rings. The molecule has 5 heteroatoms. The van der Waals surface area contributed by atoms with Crippen molar-refractivity contribution in [1.82, 2.24) is 14.7 Å². The van der Waals surface area contributed by atoms with Crippen LogP contribution < -0.4 is 0 Å². The second-order valence-electron chi connectivity index (χ2n) is 3.94. The molecule has 5 nitrogen and oxygen atoms in total. The summed E-state index contributed by atoms with van der Waals surface area (Å²) in [5.74, 6) is 0.116. The third-order valence-corrected chi connectivity index (χ3v) is 2.80. The highest BCUT2D eigenvalue weighted by Gasteiger charge is 2.22. The molecule has 1 amide bonds. The molecule has 0 spiro atoms. The van der Waals surface area contributed by atoms with Crippen LogP contribution in [0.2, 0.25) is 0 Å². The van der Waals surface area contributed by atoms with Gasteiger partial charge in [0, 0.05) is 25.5 Å². The first-order valence-corrected chi connectivity index (χ1v) is 5.66. The van der Waals surface area contributed by atoms with Gasteiger partial charge in [0.2, 0.25) is 5.91 Å². The molecule has 88 valence electrons. The molecule has 0 radical (unpaired) electrons. The Kier molecular flexibility index (Phi) is 3.56. The number of carbonyl (C=O) groups is 1. The van der Waals surface area contributed by atoms with Crippen LogP contribution in [0.25, 0.3) is 0 Å². The zero-order valence-electron chi connectivity index (χ0n) is 9.50. The molecule has 0 aromatic carbocycles. The van der Waals surface area contributed by atoms with E-state index < -0.39 is 0 Å². The average Bonchev–Trinajstić information content (AvgIpc) is 2.82. The summed E-state index contributed by atoms with van der Waals surface area (Å²) in [5, 5.41) is 4.03. The summed E-state index contributed by atoms with van der Waals surface area (Å²) in [7, 11) is 0. The number of rotatable bonds is 3. The van der Waals surface area contributed by atoms with E-state index in [9.17, 15) is 4.79 Å². The minimum atomic E-state index is 0.116. The molecule has 1 atom stereocenters. The van der Waals surface area contributed by atoms with Gasteiger partial charge in [-0.25, -0.2) is 0 Å². The first-order valence-electron chi connectivity index (χ1n) is 5.66. The van der Waals surface area contributed by atoms with Gasteiger partial charge < -0.3 is 9.64 Å². The lowest BCUT2D eigenvalue weighted by molar-refractivity contribution is -0.139. The summed E-state index contributed by atoms with van der Waals surface area (Å²) in [4.78, 5) is 13.8. The molecule has 0 aliphatic carbocycles. The van der Waals surface area contributed by atoms with Crippen LogP contribution in [-0.2, 0) is 16.1 Å². The van der Waals surface area contributed by atoms with Crippen molar-refractivity contribution >= 4 is 5.91 Å². The van der Waals surface area contributed by atoms with Gasteiger partial charge in [-0.3, -0.25) is 9.48 Å². The number of nitrogens with zero attached hydrogens (tertiary/aromatic N) is 3. The molecule has 1 aromatic rings. The van der Waals surface area contributed by atoms with Gasteiger partial charge in [0.25, 0.3) is 0 Å². The largest absolute Gasteiger partial charge is 0.375 e. The predicted molar refractivity (Wildman–Crippen MR) is 58.8 cm³/mol. The molecule has 2 rings (SSSR count). The number of amides is 1. The lowest BCUT2D eigenvalue weighted by atomic mass is 10.2. The van der Waals surface area contributed by atoms with E-state index in [-0.39, 0.29) is 12.0 Å². The quantitative estimate of drug-likeness (QED) is 0.750. The highest BCUT2D eigenvalue weighted by atomic mass is 16.5. The van der Waals surface area contributed by atoms with E-state index in [1.165, 1.54) is 0 Å². The Morgan fingerprint density at radius 3 is 3.19 bits per heavy atom. The van der Waals surface area contributed by atoms with Crippen LogP contribution in [0.5, 0.6) is 0 Å². The fourth-order valence-corrected chi connectivity index (χ4v) is 1.83. The fraction of sp³-hybridized carbons (Fsp3) is 0.636. The monoisotopic (exact) mass is 223 g/mol. The predicted octanol–water partition coefficient (Wildman–Crippen LogP) is 0.520. The highest BCUT2D eigenvalue weighted by Crippen LogP contribution is 2.08. The molecule has 1 saturated heterocycles. The molecule has 16 heavy (non-hydrogen) atoms. The average molecular weight is 223 g/mol. The van der Waals surface area contributed by atoms with Crippen molar-refractivity contribution < 1.29 is 9.53 Å². The Morgan fingerprint density at radius 2 is 2.50 bits per heavy atom. The fourth-order valence-electron chi connectivity index (χ4n) is 1.83. The van der Waals surface area contributed by atoms with Crippen LogP contribution in [0, 0.1) is 0 Å². The highest BCUT2D eigenvalue weighted by molar-refractivity contribution is 5.76. The third kappa shape index (κ3) is 2.61. The van der Waals surface area contributed by atoms with E-state index >= 15 is 0 Å². The lowest BCUT2D eigenvalue weighted by Gasteiger charge is -2.32. The van der Waals surface area contributed by atoms with Gasteiger partial charge in [-0.15, -0.1) is 0 Å². The standard InChI is InChI=1S/C11H17N3O2/c1-2-10-8-13(6-7-16-10)11(15)9-14-5-3-4-12-14/h3-5,10H,2,6-9H2,1H3. The summed E-state index contributed by atoms with van der Waals surface area (Å²) in [5.41, 5.74) is 0. The normalized spacial score (nSPS) is 21.1. The second kappa shape index (κ2) is 5.12. The number of aromatic nitrogens is 2. The zero-order valence-corrected chi connectivity index (χ0v) is 9.50. The molecule has 1 aromatic heterocycles. The molecule has 1 unspecified atom stereocenters. The first-order chi connectivity index (χ1) is 7.79. The van der Waals surface area contributed by atoms with E-state index in [2.05, 4.69) is 12.0 Å². The Balaban J connectivity index is 1.89. The Hall–Kier alpha value is -1.36. The number of hydrogen-bond donors (Lipinski definition) is 0. The van der Waals surface area contributed by atoms with E-state index in [1.807, 2.05) is 11.0 Å². The van der Waals surface area contributed by atoms with Crippen LogP contribution in [0.1, 0.15) is 13.3 Å². The smallest absolute Gasteiger partial charge is 0.244 e. The van der Waals surface area contributed by atoms with Crippen molar-refractivity contribution in [2.24, 2.45) is 0 Å². The minimum absolute atomic E-state index is 0.116. The zero-order chi connectivity index (χ0) is 11.4. The van der Waals surface area contributed by atoms with Gasteiger partial charge in [0.05, 0.1) is 12.7 Å². The van der Waals surface area contributed by atoms with Crippen LogP contribution in [0.4, 0.5) is 0 Å². The molecular formula is C11H17N3O2. The van der Waals surface area contributed by atoms with Crippen molar-refractivity contribution in [3.05, 3.63) is 18.5 Å². The Labute approximate surface area is 95.0 Å². The number of morpholine rings is 1. The Morgan fingerprint density at radius 1 is 1.62 bits per heavy atom. The summed E-state index contributed by atoms with van der Waals surface area (Å²) < 4.78 is 7.18. The van der Waals surface area contributed by atoms with Crippen LogP contribution in [-0.4, -0.2) is 46.4 Å². The molecule has 0 saturated carbocycles. The number of carbonyl (C=O) groups excluding carboxylic acids is 1. The van der Waals surface area contributed by atoms with Gasteiger partial charge in [0.15, 0.2) is 0 Å². The molecule has 1 fully saturated rings. The van der Waals surface area contributed by atoms with Gasteiger partial charge in [0.1, 0.15) is 6.54 Å². The van der Waals surface area contributed by atoms with Crippen molar-refractivity contribution in [2.75, 3.05) is 19.7 Å². The minimum Gasteiger partial charge on any atom is -0.375 e. The second-order valence-corrected chi connectivity index (χ2v) is 3.94. The lowest BCUT2D eigenvalue weighted by Crippen LogP contribution is -2.46. The molecule has 2 heterocycles. The van der Waals surface area contributed by atoms with Gasteiger partial charge in [-0.1, -0.05) is 6.92 Å².